The zero-order chi connectivity index (χ0) is 11.4. The van der Waals surface area contributed by atoms with Gasteiger partial charge in [0.05, 0.1) is 11.7 Å². The Morgan fingerprint density at radius 1 is 1.47 bits per heavy atom. The van der Waals surface area contributed by atoms with Crippen LogP contribution in [0.3, 0.4) is 0 Å². The van der Waals surface area contributed by atoms with Crippen LogP contribution in [0.1, 0.15) is 50.5 Å². The zero-order valence-electron chi connectivity index (χ0n) is 9.86. The van der Waals surface area contributed by atoms with E-state index in [0.29, 0.717) is 12.5 Å². The maximum Gasteiger partial charge on any atom is 0.122 e. The van der Waals surface area contributed by atoms with Crippen LogP contribution in [0.25, 0.3) is 0 Å². The van der Waals surface area contributed by atoms with E-state index in [0.717, 1.165) is 10.7 Å². The van der Waals surface area contributed by atoms with E-state index in [9.17, 15) is 0 Å². The molecule has 0 fully saturated rings. The third-order valence-corrected chi connectivity index (χ3v) is 3.39. The highest BCUT2D eigenvalue weighted by Gasteiger charge is 2.16. The summed E-state index contributed by atoms with van der Waals surface area (Å²) in [5, 5.41) is 3.05. The van der Waals surface area contributed by atoms with E-state index in [1.807, 2.05) is 19.2 Å². The molecule has 2 N–H and O–H groups in total. The molecule has 4 heteroatoms. The maximum absolute atomic E-state index is 6.03. The predicted molar refractivity (Wildman–Crippen MR) is 63.9 cm³/mol. The van der Waals surface area contributed by atoms with Crippen LogP contribution in [0.5, 0.6) is 0 Å². The van der Waals surface area contributed by atoms with Crippen LogP contribution in [0.2, 0.25) is 0 Å². The highest BCUT2D eigenvalue weighted by molar-refractivity contribution is 7.09. The molecular formula is C11H20N2OS. The molecule has 0 aliphatic heterocycles. The molecule has 0 aliphatic carbocycles. The number of ether oxygens (including phenoxy) is 1. The summed E-state index contributed by atoms with van der Waals surface area (Å²) < 4.78 is 5.49. The molecule has 0 aliphatic rings. The van der Waals surface area contributed by atoms with Crippen molar-refractivity contribution in [2.45, 2.75) is 39.8 Å². The summed E-state index contributed by atoms with van der Waals surface area (Å²) in [6.45, 7) is 8.94. The molecule has 15 heavy (non-hydrogen) atoms. The van der Waals surface area contributed by atoms with Crippen LogP contribution >= 0.6 is 11.3 Å². The van der Waals surface area contributed by atoms with Gasteiger partial charge in [0, 0.05) is 12.0 Å². The first-order valence-corrected chi connectivity index (χ1v) is 6.26. The van der Waals surface area contributed by atoms with E-state index in [4.69, 9.17) is 10.5 Å². The fraction of sp³-hybridized carbons (Fsp3) is 0.727. The zero-order valence-corrected chi connectivity index (χ0v) is 10.7. The quantitative estimate of drug-likeness (QED) is 0.843. The molecule has 2 unspecified atom stereocenters. The summed E-state index contributed by atoms with van der Waals surface area (Å²) in [5.41, 5.74) is 7.01. The summed E-state index contributed by atoms with van der Waals surface area (Å²) in [6.07, 6.45) is 0.0770. The van der Waals surface area contributed by atoms with Crippen LogP contribution in [-0.4, -0.2) is 11.6 Å². The van der Waals surface area contributed by atoms with E-state index in [2.05, 4.69) is 18.8 Å². The Hall–Kier alpha value is -0.450. The molecule has 1 aromatic heterocycles. The van der Waals surface area contributed by atoms with E-state index in [1.165, 1.54) is 0 Å². The lowest BCUT2D eigenvalue weighted by Crippen LogP contribution is -2.17. The average Bonchev–Trinajstić information content (AvgIpc) is 2.65. The molecular weight excluding hydrogens is 208 g/mol. The average molecular weight is 228 g/mol. The van der Waals surface area contributed by atoms with Crippen molar-refractivity contribution < 1.29 is 4.74 Å². The topological polar surface area (TPSA) is 48.1 Å². The summed E-state index contributed by atoms with van der Waals surface area (Å²) in [5.74, 6) is 0.419. The Bertz CT molecular complexity index is 299. The fourth-order valence-electron chi connectivity index (χ4n) is 1.30. The minimum atomic E-state index is 0.0313. The number of nitrogens with zero attached hydrogens (tertiary/aromatic N) is 1. The van der Waals surface area contributed by atoms with E-state index < -0.39 is 0 Å². The summed E-state index contributed by atoms with van der Waals surface area (Å²) in [4.78, 5) is 4.52. The van der Waals surface area contributed by atoms with Gasteiger partial charge >= 0.3 is 0 Å². The molecule has 0 radical (unpaired) electrons. The van der Waals surface area contributed by atoms with E-state index in [1.54, 1.807) is 11.3 Å². The third-order valence-electron chi connectivity index (χ3n) is 2.36. The second-order valence-corrected chi connectivity index (χ2v) is 4.87. The van der Waals surface area contributed by atoms with Gasteiger partial charge in [-0.1, -0.05) is 13.8 Å². The predicted octanol–water partition coefficient (Wildman–Crippen LogP) is 2.90. The lowest BCUT2D eigenvalue weighted by atomic mass is 10.0. The number of thiazole rings is 1. The van der Waals surface area contributed by atoms with Crippen LogP contribution in [0.4, 0.5) is 0 Å². The minimum Gasteiger partial charge on any atom is -0.372 e. The van der Waals surface area contributed by atoms with Crippen LogP contribution in [0.15, 0.2) is 5.38 Å². The number of hydrogen-bond donors (Lipinski definition) is 1. The molecule has 0 spiro atoms. The second kappa shape index (κ2) is 5.58. The lowest BCUT2D eigenvalue weighted by molar-refractivity contribution is 0.0760. The Kier molecular flexibility index (Phi) is 4.70. The van der Waals surface area contributed by atoms with E-state index in [-0.39, 0.29) is 12.1 Å². The molecule has 0 saturated carbocycles. The van der Waals surface area contributed by atoms with Crippen LogP contribution < -0.4 is 5.73 Å². The van der Waals surface area contributed by atoms with E-state index >= 15 is 0 Å². The molecule has 86 valence electrons. The Labute approximate surface area is 95.7 Å². The smallest absolute Gasteiger partial charge is 0.122 e. The highest BCUT2D eigenvalue weighted by Crippen LogP contribution is 2.25. The van der Waals surface area contributed by atoms with Crippen LogP contribution in [-0.2, 0) is 4.74 Å². The van der Waals surface area contributed by atoms with Crippen LogP contribution in [0, 0.1) is 5.92 Å². The van der Waals surface area contributed by atoms with Crippen molar-refractivity contribution in [3.05, 3.63) is 16.1 Å². The second-order valence-electron chi connectivity index (χ2n) is 3.98. The first-order chi connectivity index (χ1) is 7.06. The molecule has 0 bridgehead atoms. The summed E-state index contributed by atoms with van der Waals surface area (Å²) in [6, 6.07) is 0.0313. The van der Waals surface area contributed by atoms with Gasteiger partial charge in [0.15, 0.2) is 0 Å². The normalized spacial score (nSPS) is 15.6. The van der Waals surface area contributed by atoms with Gasteiger partial charge in [-0.3, -0.25) is 0 Å². The first kappa shape index (κ1) is 12.6. The van der Waals surface area contributed by atoms with Crippen molar-refractivity contribution in [1.29, 1.82) is 0 Å². The molecule has 1 aromatic rings. The summed E-state index contributed by atoms with van der Waals surface area (Å²) >= 11 is 1.63. The lowest BCUT2D eigenvalue weighted by Gasteiger charge is -2.12. The monoisotopic (exact) mass is 228 g/mol. The Morgan fingerprint density at radius 3 is 2.67 bits per heavy atom. The van der Waals surface area contributed by atoms with Crippen molar-refractivity contribution >= 4 is 11.3 Å². The molecule has 0 aromatic carbocycles. The molecule has 0 saturated heterocycles. The summed E-state index contributed by atoms with van der Waals surface area (Å²) in [7, 11) is 0. The molecule has 2 atom stereocenters. The highest BCUT2D eigenvalue weighted by atomic mass is 32.1. The Balaban J connectivity index is 2.71. The minimum absolute atomic E-state index is 0.0313. The van der Waals surface area contributed by atoms with Gasteiger partial charge in [0.1, 0.15) is 11.1 Å². The van der Waals surface area contributed by atoms with Gasteiger partial charge in [0.2, 0.25) is 0 Å². The number of hydrogen-bond acceptors (Lipinski definition) is 4. The van der Waals surface area contributed by atoms with Gasteiger partial charge < -0.3 is 10.5 Å². The van der Waals surface area contributed by atoms with Crippen molar-refractivity contribution in [2.24, 2.45) is 11.7 Å². The van der Waals surface area contributed by atoms with Gasteiger partial charge in [-0.2, -0.15) is 0 Å². The molecule has 1 rings (SSSR count). The molecule has 0 amide bonds. The Morgan fingerprint density at radius 2 is 2.13 bits per heavy atom. The van der Waals surface area contributed by atoms with Crippen molar-refractivity contribution in [1.82, 2.24) is 4.98 Å². The third kappa shape index (κ3) is 3.26. The standard InChI is InChI=1S/C11H20N2OS/c1-5-14-8(4)11-13-9(6-15-11)10(12)7(2)3/h6-8,10H,5,12H2,1-4H3. The number of rotatable bonds is 5. The van der Waals surface area contributed by atoms with Gasteiger partial charge in [0.25, 0.3) is 0 Å². The number of nitrogens with two attached hydrogens (primary N) is 1. The van der Waals surface area contributed by atoms with Crippen molar-refractivity contribution in [3.8, 4) is 0 Å². The van der Waals surface area contributed by atoms with Gasteiger partial charge in [-0.05, 0) is 19.8 Å². The fourth-order valence-corrected chi connectivity index (χ4v) is 2.17. The van der Waals surface area contributed by atoms with Crippen molar-refractivity contribution in [3.63, 3.8) is 0 Å². The number of aromatic nitrogens is 1. The maximum atomic E-state index is 6.03. The SMILES string of the molecule is CCOC(C)c1nc(C(N)C(C)C)cs1. The van der Waals surface area contributed by atoms with Gasteiger partial charge in [-0.15, -0.1) is 11.3 Å². The molecule has 1 heterocycles. The largest absolute Gasteiger partial charge is 0.372 e. The first-order valence-electron chi connectivity index (χ1n) is 5.38. The van der Waals surface area contributed by atoms with Crippen molar-refractivity contribution in [2.75, 3.05) is 6.61 Å². The van der Waals surface area contributed by atoms with Gasteiger partial charge in [-0.25, -0.2) is 4.98 Å². The molecule has 3 nitrogen and oxygen atoms in total.